The highest BCUT2D eigenvalue weighted by Crippen LogP contribution is 2.19. The largest absolute Gasteiger partial charge is 0.508 e. The lowest BCUT2D eigenvalue weighted by molar-refractivity contribution is 0.469. The van der Waals surface area contributed by atoms with Crippen LogP contribution in [0.1, 0.15) is 5.56 Å². The van der Waals surface area contributed by atoms with Crippen LogP contribution in [0.4, 0.5) is 0 Å². The monoisotopic (exact) mass is 186 g/mol. The van der Waals surface area contributed by atoms with Crippen molar-refractivity contribution in [3.8, 4) is 5.75 Å². The van der Waals surface area contributed by atoms with Crippen molar-refractivity contribution >= 4 is 25.3 Å². The first-order valence-corrected chi connectivity index (χ1v) is 4.36. The summed E-state index contributed by atoms with van der Waals surface area (Å²) in [6, 6.07) is 7.22. The first-order chi connectivity index (χ1) is 5.20. The molecule has 1 rings (SSSR count). The lowest BCUT2D eigenvalue weighted by atomic mass is 10.1. The van der Waals surface area contributed by atoms with E-state index in [-0.39, 0.29) is 4.58 Å². The van der Waals surface area contributed by atoms with Gasteiger partial charge in [-0.25, -0.2) is 0 Å². The number of rotatable bonds is 2. The van der Waals surface area contributed by atoms with Gasteiger partial charge in [-0.3, -0.25) is 0 Å². The highest BCUT2D eigenvalue weighted by molar-refractivity contribution is 7.99. The Hall–Kier alpha value is -0.280. The van der Waals surface area contributed by atoms with Crippen LogP contribution >= 0.6 is 25.3 Å². The standard InChI is InChI=1S/C8H10OS2/c9-7-4-2-1-3-6(7)5-8(10)11/h1-4,8-11H,5H2. The summed E-state index contributed by atoms with van der Waals surface area (Å²) in [5.74, 6) is 0.320. The zero-order valence-corrected chi connectivity index (χ0v) is 7.72. The lowest BCUT2D eigenvalue weighted by Gasteiger charge is -2.04. The van der Waals surface area contributed by atoms with Crippen molar-refractivity contribution in [2.24, 2.45) is 0 Å². The van der Waals surface area contributed by atoms with Crippen LogP contribution < -0.4 is 0 Å². The van der Waals surface area contributed by atoms with Gasteiger partial charge in [-0.15, -0.1) is 0 Å². The maximum absolute atomic E-state index is 9.29. The number of phenols is 1. The maximum atomic E-state index is 9.29. The number of thiol groups is 2. The van der Waals surface area contributed by atoms with Crippen LogP contribution in [0.15, 0.2) is 24.3 Å². The van der Waals surface area contributed by atoms with Crippen molar-refractivity contribution < 1.29 is 5.11 Å². The Morgan fingerprint density at radius 3 is 2.45 bits per heavy atom. The Kier molecular flexibility index (Phi) is 3.15. The Labute approximate surface area is 77.3 Å². The fraction of sp³-hybridized carbons (Fsp3) is 0.250. The van der Waals surface area contributed by atoms with Crippen LogP contribution in [0.5, 0.6) is 5.75 Å². The molecule has 0 saturated heterocycles. The molecule has 1 aromatic rings. The number of para-hydroxylation sites is 1. The SMILES string of the molecule is Oc1ccccc1CC(S)S. The van der Waals surface area contributed by atoms with Crippen LogP contribution in [-0.4, -0.2) is 9.69 Å². The van der Waals surface area contributed by atoms with E-state index in [0.717, 1.165) is 5.56 Å². The summed E-state index contributed by atoms with van der Waals surface area (Å²) in [6.07, 6.45) is 0.679. The number of benzene rings is 1. The first kappa shape index (κ1) is 8.81. The summed E-state index contributed by atoms with van der Waals surface area (Å²) in [6.45, 7) is 0. The zero-order valence-electron chi connectivity index (χ0n) is 5.94. The molecule has 0 amide bonds. The second-order valence-electron chi connectivity index (χ2n) is 2.31. The fourth-order valence-electron chi connectivity index (χ4n) is 0.880. The van der Waals surface area contributed by atoms with E-state index in [0.29, 0.717) is 12.2 Å². The molecule has 0 radical (unpaired) electrons. The van der Waals surface area contributed by atoms with E-state index in [2.05, 4.69) is 25.3 Å². The minimum absolute atomic E-state index is 0.0108. The smallest absolute Gasteiger partial charge is 0.118 e. The Balaban J connectivity index is 2.78. The van der Waals surface area contributed by atoms with Crippen LogP contribution in [0.25, 0.3) is 0 Å². The molecular formula is C8H10OS2. The molecule has 1 nitrogen and oxygen atoms in total. The van der Waals surface area contributed by atoms with Gasteiger partial charge in [-0.05, 0) is 18.1 Å². The van der Waals surface area contributed by atoms with Gasteiger partial charge in [0.1, 0.15) is 5.75 Å². The van der Waals surface area contributed by atoms with E-state index in [1.807, 2.05) is 12.1 Å². The summed E-state index contributed by atoms with van der Waals surface area (Å²) in [7, 11) is 0. The van der Waals surface area contributed by atoms with Crippen LogP contribution in [-0.2, 0) is 6.42 Å². The third-order valence-corrected chi connectivity index (χ3v) is 1.76. The average molecular weight is 186 g/mol. The quantitative estimate of drug-likeness (QED) is 0.477. The summed E-state index contributed by atoms with van der Waals surface area (Å²) in [4.78, 5) is 0. The van der Waals surface area contributed by atoms with E-state index in [9.17, 15) is 5.11 Å². The number of hydrogen-bond donors (Lipinski definition) is 3. The van der Waals surface area contributed by atoms with Crippen LogP contribution in [0, 0.1) is 0 Å². The number of aromatic hydroxyl groups is 1. The third kappa shape index (κ3) is 2.67. The molecule has 11 heavy (non-hydrogen) atoms. The molecule has 1 N–H and O–H groups in total. The second kappa shape index (κ2) is 3.93. The van der Waals surface area contributed by atoms with Gasteiger partial charge in [0.15, 0.2) is 0 Å². The summed E-state index contributed by atoms with van der Waals surface area (Å²) in [5, 5.41) is 9.29. The summed E-state index contributed by atoms with van der Waals surface area (Å²) < 4.78 is -0.0108. The van der Waals surface area contributed by atoms with Crippen LogP contribution in [0.2, 0.25) is 0 Å². The van der Waals surface area contributed by atoms with E-state index < -0.39 is 0 Å². The number of phenolic OH excluding ortho intramolecular Hbond substituents is 1. The van der Waals surface area contributed by atoms with E-state index in [1.54, 1.807) is 12.1 Å². The molecule has 0 spiro atoms. The van der Waals surface area contributed by atoms with Crippen molar-refractivity contribution in [3.63, 3.8) is 0 Å². The molecule has 0 aromatic heterocycles. The maximum Gasteiger partial charge on any atom is 0.118 e. The molecule has 60 valence electrons. The Morgan fingerprint density at radius 2 is 1.91 bits per heavy atom. The molecule has 0 atom stereocenters. The van der Waals surface area contributed by atoms with Gasteiger partial charge < -0.3 is 5.11 Å². The first-order valence-electron chi connectivity index (χ1n) is 3.33. The van der Waals surface area contributed by atoms with Crippen LogP contribution in [0.3, 0.4) is 0 Å². The topological polar surface area (TPSA) is 20.2 Å². The predicted molar refractivity (Wildman–Crippen MR) is 53.6 cm³/mol. The van der Waals surface area contributed by atoms with Gasteiger partial charge >= 0.3 is 0 Å². The number of hydrogen-bond acceptors (Lipinski definition) is 3. The average Bonchev–Trinajstić information content (AvgIpc) is 1.93. The van der Waals surface area contributed by atoms with Gasteiger partial charge in [0.05, 0.1) is 0 Å². The van der Waals surface area contributed by atoms with Crippen molar-refractivity contribution in [2.45, 2.75) is 11.0 Å². The third-order valence-electron chi connectivity index (χ3n) is 1.39. The molecule has 0 saturated carbocycles. The molecule has 1 aromatic carbocycles. The summed E-state index contributed by atoms with van der Waals surface area (Å²) >= 11 is 8.22. The van der Waals surface area contributed by atoms with Gasteiger partial charge in [0.2, 0.25) is 0 Å². The minimum atomic E-state index is -0.0108. The molecule has 0 aliphatic heterocycles. The Bertz CT molecular complexity index is 235. The van der Waals surface area contributed by atoms with Gasteiger partial charge in [-0.2, -0.15) is 25.3 Å². The second-order valence-corrected chi connectivity index (χ2v) is 3.97. The van der Waals surface area contributed by atoms with Gasteiger partial charge in [0.25, 0.3) is 0 Å². The predicted octanol–water partition coefficient (Wildman–Crippen LogP) is 2.12. The molecular weight excluding hydrogens is 176 g/mol. The molecule has 0 unspecified atom stereocenters. The molecule has 0 bridgehead atoms. The zero-order chi connectivity index (χ0) is 8.27. The molecule has 0 aliphatic carbocycles. The Morgan fingerprint density at radius 1 is 1.27 bits per heavy atom. The molecule has 0 heterocycles. The fourth-order valence-corrected chi connectivity index (χ4v) is 1.27. The van der Waals surface area contributed by atoms with Crippen molar-refractivity contribution in [1.82, 2.24) is 0 Å². The van der Waals surface area contributed by atoms with Gasteiger partial charge in [0, 0.05) is 4.58 Å². The van der Waals surface area contributed by atoms with Crippen molar-refractivity contribution in [3.05, 3.63) is 29.8 Å². The van der Waals surface area contributed by atoms with E-state index in [1.165, 1.54) is 0 Å². The van der Waals surface area contributed by atoms with Gasteiger partial charge in [-0.1, -0.05) is 18.2 Å². The minimum Gasteiger partial charge on any atom is -0.508 e. The molecule has 3 heteroatoms. The van der Waals surface area contributed by atoms with Crippen molar-refractivity contribution in [1.29, 1.82) is 0 Å². The molecule has 0 aliphatic rings. The lowest BCUT2D eigenvalue weighted by Crippen LogP contribution is -1.93. The van der Waals surface area contributed by atoms with E-state index in [4.69, 9.17) is 0 Å². The van der Waals surface area contributed by atoms with E-state index >= 15 is 0 Å². The highest BCUT2D eigenvalue weighted by Gasteiger charge is 2.02. The highest BCUT2D eigenvalue weighted by atomic mass is 32.2. The molecule has 0 fully saturated rings. The van der Waals surface area contributed by atoms with Crippen molar-refractivity contribution in [2.75, 3.05) is 0 Å². The normalized spacial score (nSPS) is 10.5. The summed E-state index contributed by atoms with van der Waals surface area (Å²) in [5.41, 5.74) is 0.891.